The maximum atomic E-state index is 12.5. The third kappa shape index (κ3) is 3.59. The Morgan fingerprint density at radius 1 is 1.28 bits per heavy atom. The number of amides is 1. The molecule has 136 valence electrons. The Balaban J connectivity index is 1.21. The van der Waals surface area contributed by atoms with E-state index in [2.05, 4.69) is 17.1 Å². The summed E-state index contributed by atoms with van der Waals surface area (Å²) < 4.78 is 0. The lowest BCUT2D eigenvalue weighted by Gasteiger charge is -2.59. The van der Waals surface area contributed by atoms with Crippen LogP contribution in [0.1, 0.15) is 51.0 Å². The third-order valence-electron chi connectivity index (χ3n) is 6.75. The van der Waals surface area contributed by atoms with Gasteiger partial charge in [0.2, 0.25) is 5.91 Å². The molecule has 25 heavy (non-hydrogen) atoms. The maximum absolute atomic E-state index is 12.5. The molecule has 0 atom stereocenters. The molecule has 4 heteroatoms. The largest absolute Gasteiger partial charge is 0.326 e. The van der Waals surface area contributed by atoms with Crippen LogP contribution in [-0.4, -0.2) is 30.4 Å². The van der Waals surface area contributed by atoms with E-state index in [-0.39, 0.29) is 11.8 Å². The Morgan fingerprint density at radius 2 is 2.00 bits per heavy atom. The molecule has 0 bridgehead atoms. The molecule has 1 saturated heterocycles. The summed E-state index contributed by atoms with van der Waals surface area (Å²) in [6, 6.07) is 5.71. The van der Waals surface area contributed by atoms with Crippen molar-refractivity contribution in [2.45, 2.75) is 52.4 Å². The predicted octanol–water partition coefficient (Wildman–Crippen LogP) is 4.88. The minimum Gasteiger partial charge on any atom is -0.326 e. The molecule has 1 heterocycles. The van der Waals surface area contributed by atoms with Crippen molar-refractivity contribution >= 4 is 23.2 Å². The molecule has 1 aromatic carbocycles. The van der Waals surface area contributed by atoms with Gasteiger partial charge in [0, 0.05) is 29.7 Å². The predicted molar refractivity (Wildman–Crippen MR) is 103 cm³/mol. The number of nitrogens with one attached hydrogen (secondary N) is 1. The Hall–Kier alpha value is -1.06. The Bertz CT molecular complexity index is 648. The first-order valence-electron chi connectivity index (χ1n) is 9.65. The average Bonchev–Trinajstić information content (AvgIpc) is 2.40. The van der Waals surface area contributed by atoms with Gasteiger partial charge < -0.3 is 10.2 Å². The first-order valence-corrected chi connectivity index (χ1v) is 10.0. The van der Waals surface area contributed by atoms with E-state index in [9.17, 15) is 4.79 Å². The maximum Gasteiger partial charge on any atom is 0.227 e. The zero-order valence-corrected chi connectivity index (χ0v) is 16.2. The summed E-state index contributed by atoms with van der Waals surface area (Å²) in [7, 11) is 0. The summed E-state index contributed by atoms with van der Waals surface area (Å²) in [4.78, 5) is 15.1. The molecule has 0 radical (unpaired) electrons. The number of carbonyl (C=O) groups is 1. The Kier molecular flexibility index (Phi) is 4.36. The van der Waals surface area contributed by atoms with Crippen molar-refractivity contribution in [1.29, 1.82) is 0 Å². The summed E-state index contributed by atoms with van der Waals surface area (Å²) in [6.45, 7) is 8.07. The number of carbonyl (C=O) groups excluding carboxylic acids is 1. The molecule has 1 N–H and O–H groups in total. The van der Waals surface area contributed by atoms with Crippen molar-refractivity contribution in [2.75, 3.05) is 25.0 Å². The van der Waals surface area contributed by atoms with Gasteiger partial charge in [-0.15, -0.1) is 0 Å². The minimum atomic E-state index is 0.160. The standard InChI is InChI=1S/C21H29ClN2O/c1-15-8-17(22)10-18(9-15)23-19(25)16-11-21(12-16)13-24(14-21)7-6-20(2)4-3-5-20/h8-10,16H,3-7,11-14H2,1-2H3,(H,23,25). The number of aryl methyl sites for hydroxylation is 1. The molecule has 4 rings (SSSR count). The monoisotopic (exact) mass is 360 g/mol. The molecular weight excluding hydrogens is 332 g/mol. The highest BCUT2D eigenvalue weighted by Gasteiger charge is 2.54. The number of hydrogen-bond donors (Lipinski definition) is 1. The fraction of sp³-hybridized carbons (Fsp3) is 0.667. The Morgan fingerprint density at radius 3 is 2.60 bits per heavy atom. The quantitative estimate of drug-likeness (QED) is 0.811. The van der Waals surface area contributed by atoms with Crippen molar-refractivity contribution in [3.63, 3.8) is 0 Å². The lowest BCUT2D eigenvalue weighted by Crippen LogP contribution is -2.63. The summed E-state index contributed by atoms with van der Waals surface area (Å²) in [5.74, 6) is 0.332. The van der Waals surface area contributed by atoms with Gasteiger partial charge in [-0.2, -0.15) is 0 Å². The highest BCUT2D eigenvalue weighted by atomic mass is 35.5. The van der Waals surface area contributed by atoms with Crippen LogP contribution in [-0.2, 0) is 4.79 Å². The van der Waals surface area contributed by atoms with Crippen molar-refractivity contribution in [1.82, 2.24) is 4.90 Å². The molecule has 2 saturated carbocycles. The summed E-state index contributed by atoms with van der Waals surface area (Å²) in [5.41, 5.74) is 2.95. The van der Waals surface area contributed by atoms with Crippen LogP contribution in [0.4, 0.5) is 5.69 Å². The van der Waals surface area contributed by atoms with E-state index in [0.717, 1.165) is 24.1 Å². The zero-order chi connectivity index (χ0) is 17.7. The van der Waals surface area contributed by atoms with Gasteiger partial charge in [0.15, 0.2) is 0 Å². The summed E-state index contributed by atoms with van der Waals surface area (Å²) in [5, 5.41) is 3.72. The van der Waals surface area contributed by atoms with Crippen LogP contribution in [0.25, 0.3) is 0 Å². The van der Waals surface area contributed by atoms with Gasteiger partial charge in [0.1, 0.15) is 0 Å². The molecule has 0 unspecified atom stereocenters. The fourth-order valence-corrected chi connectivity index (χ4v) is 5.29. The number of halogens is 1. The van der Waals surface area contributed by atoms with Crippen LogP contribution in [0.15, 0.2) is 18.2 Å². The van der Waals surface area contributed by atoms with Gasteiger partial charge in [-0.25, -0.2) is 0 Å². The van der Waals surface area contributed by atoms with Crippen LogP contribution in [0, 0.1) is 23.7 Å². The smallest absolute Gasteiger partial charge is 0.227 e. The van der Waals surface area contributed by atoms with E-state index in [1.165, 1.54) is 45.3 Å². The summed E-state index contributed by atoms with van der Waals surface area (Å²) in [6.07, 6.45) is 7.69. The van der Waals surface area contributed by atoms with Gasteiger partial charge in [-0.05, 0) is 80.2 Å². The van der Waals surface area contributed by atoms with Gasteiger partial charge in [-0.3, -0.25) is 4.79 Å². The van der Waals surface area contributed by atoms with Crippen LogP contribution >= 0.6 is 11.6 Å². The van der Waals surface area contributed by atoms with E-state index in [4.69, 9.17) is 11.6 Å². The topological polar surface area (TPSA) is 32.3 Å². The zero-order valence-electron chi connectivity index (χ0n) is 15.4. The van der Waals surface area contributed by atoms with Crippen molar-refractivity contribution < 1.29 is 4.79 Å². The van der Waals surface area contributed by atoms with Crippen molar-refractivity contribution in [3.05, 3.63) is 28.8 Å². The van der Waals surface area contributed by atoms with E-state index in [0.29, 0.717) is 15.9 Å². The van der Waals surface area contributed by atoms with Crippen LogP contribution < -0.4 is 5.32 Å². The lowest BCUT2D eigenvalue weighted by molar-refractivity contribution is -0.140. The van der Waals surface area contributed by atoms with Crippen LogP contribution in [0.3, 0.4) is 0 Å². The molecule has 1 aliphatic heterocycles. The van der Waals surface area contributed by atoms with Crippen molar-refractivity contribution in [3.8, 4) is 0 Å². The molecule has 3 nitrogen and oxygen atoms in total. The van der Waals surface area contributed by atoms with E-state index >= 15 is 0 Å². The number of likely N-dealkylation sites (tertiary alicyclic amines) is 1. The van der Waals surface area contributed by atoms with E-state index in [1.807, 2.05) is 25.1 Å². The number of nitrogens with zero attached hydrogens (tertiary/aromatic N) is 1. The van der Waals surface area contributed by atoms with Gasteiger partial charge in [0.25, 0.3) is 0 Å². The summed E-state index contributed by atoms with van der Waals surface area (Å²) >= 11 is 6.07. The fourth-order valence-electron chi connectivity index (χ4n) is 5.00. The average molecular weight is 361 g/mol. The molecule has 1 spiro atoms. The first kappa shape index (κ1) is 17.4. The van der Waals surface area contributed by atoms with E-state index < -0.39 is 0 Å². The minimum absolute atomic E-state index is 0.160. The van der Waals surface area contributed by atoms with E-state index in [1.54, 1.807) is 0 Å². The number of benzene rings is 1. The molecule has 0 aromatic heterocycles. The van der Waals surface area contributed by atoms with Gasteiger partial charge in [0.05, 0.1) is 0 Å². The number of rotatable bonds is 5. The normalized spacial score (nSPS) is 24.3. The molecular formula is C21H29ClN2O. The lowest BCUT2D eigenvalue weighted by atomic mass is 9.57. The second-order valence-electron chi connectivity index (χ2n) is 9.24. The first-order chi connectivity index (χ1) is 11.8. The molecule has 3 aliphatic rings. The van der Waals surface area contributed by atoms with Crippen LogP contribution in [0.2, 0.25) is 5.02 Å². The number of hydrogen-bond acceptors (Lipinski definition) is 2. The Labute approximate surface area is 156 Å². The molecule has 1 amide bonds. The highest BCUT2D eigenvalue weighted by Crippen LogP contribution is 2.53. The van der Waals surface area contributed by atoms with Gasteiger partial charge in [-0.1, -0.05) is 24.9 Å². The third-order valence-corrected chi connectivity index (χ3v) is 6.97. The second-order valence-corrected chi connectivity index (χ2v) is 9.67. The van der Waals surface area contributed by atoms with Gasteiger partial charge >= 0.3 is 0 Å². The SMILES string of the molecule is Cc1cc(Cl)cc(NC(=O)C2CC3(C2)CN(CCC2(C)CCC2)C3)c1. The van der Waals surface area contributed by atoms with Crippen molar-refractivity contribution in [2.24, 2.45) is 16.7 Å². The molecule has 1 aromatic rings. The highest BCUT2D eigenvalue weighted by molar-refractivity contribution is 6.31. The number of anilines is 1. The van der Waals surface area contributed by atoms with Crippen LogP contribution in [0.5, 0.6) is 0 Å². The second kappa shape index (κ2) is 6.28. The molecule has 3 fully saturated rings. The molecule has 2 aliphatic carbocycles.